The third-order valence-electron chi connectivity index (χ3n) is 2.75. The molecule has 14 heavy (non-hydrogen) atoms. The summed E-state index contributed by atoms with van der Waals surface area (Å²) < 4.78 is 5.64. The smallest absolute Gasteiger partial charge is 0.119 e. The predicted molar refractivity (Wildman–Crippen MR) is 60.6 cm³/mol. The normalized spacial score (nSPS) is 11.4. The van der Waals surface area contributed by atoms with Gasteiger partial charge in [0.2, 0.25) is 0 Å². The molecule has 0 aromatic heterocycles. The molecule has 0 saturated carbocycles. The van der Waals surface area contributed by atoms with E-state index in [1.807, 2.05) is 30.3 Å². The molecular weight excluding hydrogens is 172 g/mol. The van der Waals surface area contributed by atoms with Crippen molar-refractivity contribution in [2.24, 2.45) is 5.41 Å². The molecule has 0 aliphatic heterocycles. The van der Waals surface area contributed by atoms with Crippen molar-refractivity contribution in [1.82, 2.24) is 0 Å². The maximum atomic E-state index is 5.64. The zero-order chi connectivity index (χ0) is 10.4. The van der Waals surface area contributed by atoms with Crippen LogP contribution in [0.5, 0.6) is 5.75 Å². The van der Waals surface area contributed by atoms with Crippen molar-refractivity contribution in [3.8, 4) is 5.75 Å². The van der Waals surface area contributed by atoms with Gasteiger partial charge in [-0.2, -0.15) is 0 Å². The molecule has 1 nitrogen and oxygen atoms in total. The minimum absolute atomic E-state index is 0.398. The number of hydrogen-bond acceptors (Lipinski definition) is 1. The Morgan fingerprint density at radius 3 is 2.36 bits per heavy atom. The van der Waals surface area contributed by atoms with E-state index < -0.39 is 0 Å². The van der Waals surface area contributed by atoms with E-state index in [9.17, 15) is 0 Å². The lowest BCUT2D eigenvalue weighted by Crippen LogP contribution is -2.14. The average molecular weight is 192 g/mol. The number of rotatable bonds is 5. The fourth-order valence-corrected chi connectivity index (χ4v) is 1.14. The summed E-state index contributed by atoms with van der Waals surface area (Å²) >= 11 is 0. The Kier molecular flexibility index (Phi) is 3.99. The summed E-state index contributed by atoms with van der Waals surface area (Å²) in [7, 11) is 0. The summed E-state index contributed by atoms with van der Waals surface area (Å²) in [6.07, 6.45) is 2.31. The molecule has 0 spiro atoms. The number of para-hydroxylation sites is 1. The van der Waals surface area contributed by atoms with Crippen molar-refractivity contribution in [3.63, 3.8) is 0 Å². The highest BCUT2D eigenvalue weighted by Crippen LogP contribution is 2.24. The molecule has 0 atom stereocenters. The fraction of sp³-hybridized carbons (Fsp3) is 0.538. The molecule has 0 unspecified atom stereocenters. The van der Waals surface area contributed by atoms with E-state index in [-0.39, 0.29) is 0 Å². The molecule has 1 heteroatoms. The lowest BCUT2D eigenvalue weighted by atomic mass is 9.87. The Labute approximate surface area is 87.1 Å². The number of ether oxygens (including phenoxy) is 1. The van der Waals surface area contributed by atoms with Crippen molar-refractivity contribution in [3.05, 3.63) is 30.3 Å². The topological polar surface area (TPSA) is 9.23 Å². The Bertz CT molecular complexity index is 251. The molecule has 0 aliphatic rings. The second-order valence-corrected chi connectivity index (χ2v) is 4.43. The first-order valence-corrected chi connectivity index (χ1v) is 5.32. The third kappa shape index (κ3) is 3.82. The third-order valence-corrected chi connectivity index (χ3v) is 2.75. The standard InChI is InChI=1S/C13H20O/c1-4-13(2,3)10-11-14-12-8-6-5-7-9-12/h5-9H,4,10-11H2,1-3H3. The molecule has 0 aliphatic carbocycles. The molecule has 0 amide bonds. The van der Waals surface area contributed by atoms with Gasteiger partial charge in [0.15, 0.2) is 0 Å². The van der Waals surface area contributed by atoms with E-state index in [0.717, 1.165) is 18.8 Å². The second kappa shape index (κ2) is 5.04. The highest BCUT2D eigenvalue weighted by atomic mass is 16.5. The Morgan fingerprint density at radius 2 is 1.79 bits per heavy atom. The molecule has 0 heterocycles. The van der Waals surface area contributed by atoms with Gasteiger partial charge in [0.25, 0.3) is 0 Å². The maximum absolute atomic E-state index is 5.64. The molecule has 1 aromatic carbocycles. The quantitative estimate of drug-likeness (QED) is 0.687. The summed E-state index contributed by atoms with van der Waals surface area (Å²) in [6.45, 7) is 7.59. The van der Waals surface area contributed by atoms with Crippen molar-refractivity contribution in [1.29, 1.82) is 0 Å². The average Bonchev–Trinajstić information content (AvgIpc) is 2.19. The summed E-state index contributed by atoms with van der Waals surface area (Å²) in [5.41, 5.74) is 0.398. The van der Waals surface area contributed by atoms with Crippen LogP contribution in [0.1, 0.15) is 33.6 Å². The van der Waals surface area contributed by atoms with Crippen LogP contribution >= 0.6 is 0 Å². The van der Waals surface area contributed by atoms with Crippen LogP contribution in [0.2, 0.25) is 0 Å². The Balaban J connectivity index is 2.29. The molecule has 0 fully saturated rings. The fourth-order valence-electron chi connectivity index (χ4n) is 1.14. The van der Waals surface area contributed by atoms with Gasteiger partial charge in [0.05, 0.1) is 6.61 Å². The van der Waals surface area contributed by atoms with Gasteiger partial charge in [0, 0.05) is 0 Å². The SMILES string of the molecule is CCC(C)(C)CCOc1ccccc1. The zero-order valence-corrected chi connectivity index (χ0v) is 9.42. The van der Waals surface area contributed by atoms with Crippen LogP contribution in [0.4, 0.5) is 0 Å². The highest BCUT2D eigenvalue weighted by Gasteiger charge is 2.14. The maximum Gasteiger partial charge on any atom is 0.119 e. The van der Waals surface area contributed by atoms with Crippen LogP contribution in [0, 0.1) is 5.41 Å². The van der Waals surface area contributed by atoms with Crippen molar-refractivity contribution < 1.29 is 4.74 Å². The van der Waals surface area contributed by atoms with Crippen molar-refractivity contribution in [2.75, 3.05) is 6.61 Å². The van der Waals surface area contributed by atoms with Gasteiger partial charge < -0.3 is 4.74 Å². The summed E-state index contributed by atoms with van der Waals surface area (Å²) in [4.78, 5) is 0. The molecule has 1 rings (SSSR count). The van der Waals surface area contributed by atoms with Gasteiger partial charge in [0.1, 0.15) is 5.75 Å². The zero-order valence-electron chi connectivity index (χ0n) is 9.42. The van der Waals surface area contributed by atoms with Gasteiger partial charge in [-0.1, -0.05) is 45.4 Å². The van der Waals surface area contributed by atoms with Gasteiger partial charge in [-0.25, -0.2) is 0 Å². The van der Waals surface area contributed by atoms with E-state index in [1.54, 1.807) is 0 Å². The molecule has 0 N–H and O–H groups in total. The molecular formula is C13H20O. The van der Waals surface area contributed by atoms with Crippen LogP contribution in [0.15, 0.2) is 30.3 Å². The van der Waals surface area contributed by atoms with E-state index in [1.165, 1.54) is 6.42 Å². The Hall–Kier alpha value is -0.980. The Morgan fingerprint density at radius 1 is 1.14 bits per heavy atom. The minimum atomic E-state index is 0.398. The first kappa shape index (κ1) is 11.1. The van der Waals surface area contributed by atoms with E-state index >= 15 is 0 Å². The lowest BCUT2D eigenvalue weighted by Gasteiger charge is -2.22. The van der Waals surface area contributed by atoms with Gasteiger partial charge in [-0.3, -0.25) is 0 Å². The summed E-state index contributed by atoms with van der Waals surface area (Å²) in [6, 6.07) is 10.0. The second-order valence-electron chi connectivity index (χ2n) is 4.43. The van der Waals surface area contributed by atoms with Gasteiger partial charge in [-0.05, 0) is 24.0 Å². The summed E-state index contributed by atoms with van der Waals surface area (Å²) in [5.74, 6) is 0.972. The number of benzene rings is 1. The van der Waals surface area contributed by atoms with Crippen LogP contribution in [-0.4, -0.2) is 6.61 Å². The molecule has 0 saturated heterocycles. The first-order valence-electron chi connectivity index (χ1n) is 5.32. The summed E-state index contributed by atoms with van der Waals surface area (Å²) in [5, 5.41) is 0. The monoisotopic (exact) mass is 192 g/mol. The molecule has 78 valence electrons. The van der Waals surface area contributed by atoms with Crippen LogP contribution in [-0.2, 0) is 0 Å². The molecule has 0 bridgehead atoms. The molecule has 1 aromatic rings. The van der Waals surface area contributed by atoms with E-state index in [2.05, 4.69) is 20.8 Å². The molecule has 0 radical (unpaired) electrons. The first-order chi connectivity index (χ1) is 6.64. The minimum Gasteiger partial charge on any atom is -0.494 e. The van der Waals surface area contributed by atoms with E-state index in [4.69, 9.17) is 4.74 Å². The van der Waals surface area contributed by atoms with Crippen LogP contribution < -0.4 is 4.74 Å². The highest BCUT2D eigenvalue weighted by molar-refractivity contribution is 5.20. The van der Waals surface area contributed by atoms with Crippen molar-refractivity contribution >= 4 is 0 Å². The van der Waals surface area contributed by atoms with Gasteiger partial charge in [-0.15, -0.1) is 0 Å². The predicted octanol–water partition coefficient (Wildman–Crippen LogP) is 3.89. The largest absolute Gasteiger partial charge is 0.494 e. The van der Waals surface area contributed by atoms with Gasteiger partial charge >= 0.3 is 0 Å². The lowest BCUT2D eigenvalue weighted by molar-refractivity contribution is 0.223. The number of hydrogen-bond donors (Lipinski definition) is 0. The van der Waals surface area contributed by atoms with Crippen LogP contribution in [0.25, 0.3) is 0 Å². The van der Waals surface area contributed by atoms with E-state index in [0.29, 0.717) is 5.41 Å². The van der Waals surface area contributed by atoms with Crippen molar-refractivity contribution in [2.45, 2.75) is 33.6 Å². The van der Waals surface area contributed by atoms with Crippen LogP contribution in [0.3, 0.4) is 0 Å².